The number of esters is 1. The number of halogens is 2. The minimum absolute atomic E-state index is 0.137. The highest BCUT2D eigenvalue weighted by atomic mass is 35.5. The third-order valence-electron chi connectivity index (χ3n) is 3.54. The molecule has 0 aromatic heterocycles. The number of amides is 1. The van der Waals surface area contributed by atoms with Gasteiger partial charge < -0.3 is 9.64 Å². The molecule has 0 fully saturated rings. The van der Waals surface area contributed by atoms with Gasteiger partial charge in [0.15, 0.2) is 0 Å². The number of carbonyl (C=O) groups excluding carboxylic acids is 2. The van der Waals surface area contributed by atoms with Crippen LogP contribution in [0.25, 0.3) is 0 Å². The maximum Gasteiger partial charge on any atom is 0.340 e. The van der Waals surface area contributed by atoms with E-state index in [2.05, 4.69) is 0 Å². The molecule has 0 spiro atoms. The Morgan fingerprint density at radius 2 is 1.67 bits per heavy atom. The van der Waals surface area contributed by atoms with Crippen molar-refractivity contribution < 1.29 is 22.7 Å². The van der Waals surface area contributed by atoms with E-state index in [1.54, 1.807) is 30.3 Å². The lowest BCUT2D eigenvalue weighted by atomic mass is 10.1. The van der Waals surface area contributed by atoms with Crippen LogP contribution in [-0.4, -0.2) is 39.3 Å². The van der Waals surface area contributed by atoms with Gasteiger partial charge in [0.25, 0.3) is 5.91 Å². The van der Waals surface area contributed by atoms with Gasteiger partial charge in [-0.1, -0.05) is 53.5 Å². The number of sulfonamides is 1. The molecule has 0 aliphatic heterocycles. The lowest BCUT2D eigenvalue weighted by Gasteiger charge is -2.21. The number of ether oxygens (including phenoxy) is 1. The molecule has 1 atom stereocenters. The van der Waals surface area contributed by atoms with Gasteiger partial charge >= 0.3 is 5.97 Å². The summed E-state index contributed by atoms with van der Waals surface area (Å²) in [5.41, 5.74) is 0.166. The third-order valence-corrected chi connectivity index (χ3v) is 5.23. The van der Waals surface area contributed by atoms with Crippen LogP contribution in [0.15, 0.2) is 47.4 Å². The fraction of sp³-hybridized carbons (Fsp3) is 0.176. The van der Waals surface area contributed by atoms with Gasteiger partial charge in [-0.15, -0.1) is 0 Å². The molecular formula is C17H16Cl2N2O5S. The van der Waals surface area contributed by atoms with E-state index < -0.39 is 32.9 Å². The molecule has 0 heterocycles. The maximum atomic E-state index is 12.6. The first-order valence-electron chi connectivity index (χ1n) is 7.51. The average molecular weight is 431 g/mol. The Kier molecular flexibility index (Phi) is 6.48. The van der Waals surface area contributed by atoms with Crippen LogP contribution in [-0.2, 0) is 19.6 Å². The van der Waals surface area contributed by atoms with E-state index in [4.69, 9.17) is 33.1 Å². The Hall–Kier alpha value is -2.13. The predicted molar refractivity (Wildman–Crippen MR) is 101 cm³/mol. The summed E-state index contributed by atoms with van der Waals surface area (Å²) in [4.78, 5) is 25.9. The summed E-state index contributed by atoms with van der Waals surface area (Å²) >= 11 is 11.8. The fourth-order valence-electron chi connectivity index (χ4n) is 2.20. The van der Waals surface area contributed by atoms with Crippen LogP contribution in [0.2, 0.25) is 10.0 Å². The predicted octanol–water partition coefficient (Wildman–Crippen LogP) is 2.63. The highest BCUT2D eigenvalue weighted by Gasteiger charge is 2.29. The number of primary sulfonamides is 1. The summed E-state index contributed by atoms with van der Waals surface area (Å²) in [6, 6.07) is 10.4. The number of hydrogen-bond acceptors (Lipinski definition) is 5. The Labute approximate surface area is 166 Å². The molecule has 27 heavy (non-hydrogen) atoms. The molecule has 2 aromatic carbocycles. The second-order valence-electron chi connectivity index (χ2n) is 5.74. The zero-order valence-corrected chi connectivity index (χ0v) is 16.7. The van der Waals surface area contributed by atoms with Gasteiger partial charge in [-0.2, -0.15) is 0 Å². The van der Waals surface area contributed by atoms with E-state index in [9.17, 15) is 18.0 Å². The van der Waals surface area contributed by atoms with Crippen molar-refractivity contribution in [2.24, 2.45) is 5.14 Å². The van der Waals surface area contributed by atoms with Crippen LogP contribution < -0.4 is 5.14 Å². The summed E-state index contributed by atoms with van der Waals surface area (Å²) in [7, 11) is -1.16. The lowest BCUT2D eigenvalue weighted by molar-refractivity contribution is -0.138. The summed E-state index contributed by atoms with van der Waals surface area (Å²) < 4.78 is 28.6. The zero-order valence-electron chi connectivity index (χ0n) is 14.3. The van der Waals surface area contributed by atoms with Crippen molar-refractivity contribution in [2.75, 3.05) is 14.1 Å². The molecule has 0 bridgehead atoms. The van der Waals surface area contributed by atoms with E-state index in [-0.39, 0.29) is 15.6 Å². The number of benzene rings is 2. The van der Waals surface area contributed by atoms with Crippen molar-refractivity contribution in [2.45, 2.75) is 11.0 Å². The van der Waals surface area contributed by atoms with Crippen LogP contribution in [0, 0.1) is 0 Å². The monoisotopic (exact) mass is 430 g/mol. The van der Waals surface area contributed by atoms with E-state index in [0.717, 1.165) is 12.1 Å². The molecule has 2 rings (SSSR count). The summed E-state index contributed by atoms with van der Waals surface area (Å²) in [6.45, 7) is 0. The van der Waals surface area contributed by atoms with Crippen LogP contribution in [0.4, 0.5) is 0 Å². The highest BCUT2D eigenvalue weighted by Crippen LogP contribution is 2.30. The van der Waals surface area contributed by atoms with E-state index >= 15 is 0 Å². The van der Waals surface area contributed by atoms with Crippen LogP contribution >= 0.6 is 23.2 Å². The summed E-state index contributed by atoms with van der Waals surface area (Å²) in [6.07, 6.45) is -1.24. The first-order chi connectivity index (χ1) is 12.5. The molecule has 0 aliphatic carbocycles. The van der Waals surface area contributed by atoms with Gasteiger partial charge in [-0.3, -0.25) is 4.79 Å². The van der Waals surface area contributed by atoms with Crippen LogP contribution in [0.1, 0.15) is 22.0 Å². The molecule has 2 aromatic rings. The second kappa shape index (κ2) is 8.26. The SMILES string of the molecule is CN(C)C(=O)[C@H](OC(=O)c1cc(S(N)(=O)=O)c(Cl)cc1Cl)c1ccccc1. The van der Waals surface area contributed by atoms with Crippen molar-refractivity contribution in [3.8, 4) is 0 Å². The highest BCUT2D eigenvalue weighted by molar-refractivity contribution is 7.89. The first-order valence-corrected chi connectivity index (χ1v) is 9.81. The van der Waals surface area contributed by atoms with Crippen molar-refractivity contribution in [3.05, 3.63) is 63.6 Å². The number of likely N-dealkylation sites (N-methyl/N-ethyl adjacent to an activating group) is 1. The van der Waals surface area contributed by atoms with E-state index in [1.165, 1.54) is 19.0 Å². The molecule has 0 saturated carbocycles. The van der Waals surface area contributed by atoms with Crippen molar-refractivity contribution in [3.63, 3.8) is 0 Å². The lowest BCUT2D eigenvalue weighted by Crippen LogP contribution is -2.31. The smallest absolute Gasteiger partial charge is 0.340 e. The summed E-state index contributed by atoms with van der Waals surface area (Å²) in [5.74, 6) is -1.48. The average Bonchev–Trinajstić information content (AvgIpc) is 2.58. The van der Waals surface area contributed by atoms with Gasteiger partial charge in [-0.05, 0) is 12.1 Å². The first kappa shape index (κ1) is 21.2. The van der Waals surface area contributed by atoms with E-state index in [0.29, 0.717) is 5.56 Å². The Morgan fingerprint density at radius 3 is 2.19 bits per heavy atom. The number of carbonyl (C=O) groups is 2. The van der Waals surface area contributed by atoms with Gasteiger partial charge in [0.1, 0.15) is 4.90 Å². The molecule has 0 aliphatic rings. The Balaban J connectivity index is 2.45. The number of rotatable bonds is 5. The van der Waals surface area contributed by atoms with Gasteiger partial charge in [0, 0.05) is 19.7 Å². The zero-order chi connectivity index (χ0) is 20.4. The fourth-order valence-corrected chi connectivity index (χ4v) is 3.59. The third kappa shape index (κ3) is 4.98. The topological polar surface area (TPSA) is 107 Å². The maximum absolute atomic E-state index is 12.6. The minimum atomic E-state index is -4.19. The van der Waals surface area contributed by atoms with Gasteiger partial charge in [0.2, 0.25) is 16.1 Å². The molecule has 0 radical (unpaired) electrons. The number of nitrogens with two attached hydrogens (primary N) is 1. The van der Waals surface area contributed by atoms with Gasteiger partial charge in [0.05, 0.1) is 15.6 Å². The van der Waals surface area contributed by atoms with Gasteiger partial charge in [-0.25, -0.2) is 18.4 Å². The largest absolute Gasteiger partial charge is 0.444 e. The molecule has 10 heteroatoms. The number of nitrogens with zero attached hydrogens (tertiary/aromatic N) is 1. The molecule has 0 unspecified atom stereocenters. The molecule has 2 N–H and O–H groups in total. The quantitative estimate of drug-likeness (QED) is 0.733. The number of hydrogen-bond donors (Lipinski definition) is 1. The summed E-state index contributed by atoms with van der Waals surface area (Å²) in [5, 5.41) is 4.72. The molecule has 1 amide bonds. The normalized spacial score (nSPS) is 12.3. The van der Waals surface area contributed by atoms with Crippen LogP contribution in [0.3, 0.4) is 0 Å². The van der Waals surface area contributed by atoms with Crippen molar-refractivity contribution in [1.29, 1.82) is 0 Å². The molecule has 0 saturated heterocycles. The molecular weight excluding hydrogens is 415 g/mol. The standard InChI is InChI=1S/C17H16Cl2N2O5S/c1-21(2)16(22)15(10-6-4-3-5-7-10)26-17(23)11-8-14(27(20,24)25)13(19)9-12(11)18/h3-9,15H,1-2H3,(H2,20,24,25)/t15-/m1/s1. The van der Waals surface area contributed by atoms with E-state index in [1.807, 2.05) is 0 Å². The van der Waals surface area contributed by atoms with Crippen LogP contribution in [0.5, 0.6) is 0 Å². The van der Waals surface area contributed by atoms with Crippen molar-refractivity contribution >= 4 is 45.1 Å². The second-order valence-corrected chi connectivity index (χ2v) is 8.08. The van der Waals surface area contributed by atoms with Crippen molar-refractivity contribution in [1.82, 2.24) is 4.90 Å². The Morgan fingerprint density at radius 1 is 1.07 bits per heavy atom. The Bertz CT molecular complexity index is 978. The molecule has 144 valence electrons. The minimum Gasteiger partial charge on any atom is -0.444 e. The molecule has 7 nitrogen and oxygen atoms in total.